The number of nitrogens with zero attached hydrogens (tertiary/aromatic N) is 6. The highest BCUT2D eigenvalue weighted by Crippen LogP contribution is 2.21. The molecule has 3 heterocycles. The van der Waals surface area contributed by atoms with E-state index in [1.165, 1.54) is 6.33 Å². The molecule has 132 valence electrons. The first-order valence-corrected chi connectivity index (χ1v) is 8.37. The van der Waals surface area contributed by atoms with Crippen molar-refractivity contribution in [2.45, 2.75) is 39.7 Å². The Hall–Kier alpha value is -2.77. The number of nitrogens with one attached hydrogen (secondary N) is 1. The van der Waals surface area contributed by atoms with Gasteiger partial charge in [0, 0.05) is 19.4 Å². The largest absolute Gasteiger partial charge is 0.340 e. The fraction of sp³-hybridized carbons (Fsp3) is 0.471. The average molecular weight is 341 g/mol. The first kappa shape index (κ1) is 17.1. The summed E-state index contributed by atoms with van der Waals surface area (Å²) in [6, 6.07) is 1.57. The standard InChI is InChI=1S/C17H23N7O/c1-10(2)13-8-12(21-17-19-9-20-24(13)17)16(25)22-14(11(3)4)15-18-6-7-23(15)5/h6-11,14H,1-5H3,(H,22,25)/t14-/m1/s1. The van der Waals surface area contributed by atoms with Crippen molar-refractivity contribution in [3.8, 4) is 0 Å². The minimum absolute atomic E-state index is 0.187. The summed E-state index contributed by atoms with van der Waals surface area (Å²) in [5.74, 6) is 1.38. The maximum atomic E-state index is 12.8. The predicted octanol–water partition coefficient (Wildman–Crippen LogP) is 2.11. The van der Waals surface area contributed by atoms with Crippen LogP contribution >= 0.6 is 0 Å². The van der Waals surface area contributed by atoms with Crippen molar-refractivity contribution in [2.24, 2.45) is 13.0 Å². The van der Waals surface area contributed by atoms with Crippen LogP contribution in [0.2, 0.25) is 0 Å². The van der Waals surface area contributed by atoms with Crippen LogP contribution in [-0.4, -0.2) is 35.0 Å². The number of aryl methyl sites for hydroxylation is 1. The van der Waals surface area contributed by atoms with Crippen LogP contribution < -0.4 is 5.32 Å². The number of rotatable bonds is 5. The smallest absolute Gasteiger partial charge is 0.270 e. The molecule has 0 unspecified atom stereocenters. The second-order valence-corrected chi connectivity index (χ2v) is 6.78. The van der Waals surface area contributed by atoms with Gasteiger partial charge in [0.25, 0.3) is 11.7 Å². The van der Waals surface area contributed by atoms with Crippen LogP contribution in [-0.2, 0) is 7.05 Å². The molecule has 3 rings (SSSR count). The molecule has 1 atom stereocenters. The fourth-order valence-electron chi connectivity index (χ4n) is 2.78. The quantitative estimate of drug-likeness (QED) is 0.767. The number of carbonyl (C=O) groups is 1. The Morgan fingerprint density at radius 2 is 1.96 bits per heavy atom. The van der Waals surface area contributed by atoms with Crippen LogP contribution in [0.4, 0.5) is 0 Å². The van der Waals surface area contributed by atoms with Gasteiger partial charge in [-0.25, -0.2) is 14.5 Å². The molecule has 0 aliphatic heterocycles. The third-order valence-corrected chi connectivity index (χ3v) is 4.19. The lowest BCUT2D eigenvalue weighted by Gasteiger charge is -2.22. The lowest BCUT2D eigenvalue weighted by molar-refractivity contribution is 0.0917. The molecule has 0 spiro atoms. The van der Waals surface area contributed by atoms with Crippen molar-refractivity contribution in [3.05, 3.63) is 42.0 Å². The van der Waals surface area contributed by atoms with E-state index >= 15 is 0 Å². The van der Waals surface area contributed by atoms with E-state index in [1.807, 2.05) is 45.5 Å². The molecule has 0 fully saturated rings. The van der Waals surface area contributed by atoms with Crippen molar-refractivity contribution in [1.82, 2.24) is 34.4 Å². The number of fused-ring (bicyclic) bond motifs is 1. The van der Waals surface area contributed by atoms with E-state index in [0.29, 0.717) is 11.5 Å². The first-order chi connectivity index (χ1) is 11.9. The van der Waals surface area contributed by atoms with Gasteiger partial charge >= 0.3 is 0 Å². The third-order valence-electron chi connectivity index (χ3n) is 4.19. The van der Waals surface area contributed by atoms with Crippen LogP contribution in [0.15, 0.2) is 24.8 Å². The van der Waals surface area contributed by atoms with E-state index in [-0.39, 0.29) is 23.8 Å². The molecule has 1 N–H and O–H groups in total. The van der Waals surface area contributed by atoms with Crippen LogP contribution in [0.25, 0.3) is 5.78 Å². The Bertz CT molecular complexity index is 893. The molecule has 0 aliphatic carbocycles. The van der Waals surface area contributed by atoms with E-state index in [2.05, 4.69) is 25.4 Å². The Labute approximate surface area is 146 Å². The predicted molar refractivity (Wildman–Crippen MR) is 93.1 cm³/mol. The summed E-state index contributed by atoms with van der Waals surface area (Å²) in [6.07, 6.45) is 5.04. The summed E-state index contributed by atoms with van der Waals surface area (Å²) in [5.41, 5.74) is 1.23. The van der Waals surface area contributed by atoms with E-state index in [4.69, 9.17) is 0 Å². The zero-order valence-corrected chi connectivity index (χ0v) is 15.1. The first-order valence-electron chi connectivity index (χ1n) is 8.37. The van der Waals surface area contributed by atoms with Gasteiger partial charge in [-0.1, -0.05) is 27.7 Å². The zero-order valence-electron chi connectivity index (χ0n) is 15.1. The van der Waals surface area contributed by atoms with Gasteiger partial charge in [-0.15, -0.1) is 0 Å². The highest BCUT2D eigenvalue weighted by atomic mass is 16.2. The monoisotopic (exact) mass is 341 g/mol. The number of carbonyl (C=O) groups excluding carboxylic acids is 1. The van der Waals surface area contributed by atoms with Crippen molar-refractivity contribution in [1.29, 1.82) is 0 Å². The number of amides is 1. The van der Waals surface area contributed by atoms with Crippen LogP contribution in [0.3, 0.4) is 0 Å². The summed E-state index contributed by atoms with van der Waals surface area (Å²) in [6.45, 7) is 8.19. The molecule has 8 nitrogen and oxygen atoms in total. The molecular weight excluding hydrogens is 318 g/mol. The number of imidazole rings is 1. The summed E-state index contributed by atoms with van der Waals surface area (Å²) in [5, 5.41) is 7.24. The van der Waals surface area contributed by atoms with Crippen LogP contribution in [0, 0.1) is 5.92 Å². The van der Waals surface area contributed by atoms with Crippen LogP contribution in [0.1, 0.15) is 61.7 Å². The molecule has 3 aromatic heterocycles. The normalized spacial score (nSPS) is 12.9. The average Bonchev–Trinajstić information content (AvgIpc) is 3.19. The van der Waals surface area contributed by atoms with Crippen molar-refractivity contribution in [2.75, 3.05) is 0 Å². The van der Waals surface area contributed by atoms with Gasteiger partial charge in [-0.2, -0.15) is 10.1 Å². The van der Waals surface area contributed by atoms with Gasteiger partial charge in [0.2, 0.25) is 0 Å². The minimum Gasteiger partial charge on any atom is -0.340 e. The highest BCUT2D eigenvalue weighted by molar-refractivity contribution is 5.93. The highest BCUT2D eigenvalue weighted by Gasteiger charge is 2.24. The second kappa shape index (κ2) is 6.62. The van der Waals surface area contributed by atoms with Crippen LogP contribution in [0.5, 0.6) is 0 Å². The number of hydrogen-bond acceptors (Lipinski definition) is 5. The molecule has 0 saturated carbocycles. The minimum atomic E-state index is -0.242. The van der Waals surface area contributed by atoms with Gasteiger partial charge in [0.05, 0.1) is 11.7 Å². The van der Waals surface area contributed by atoms with Gasteiger partial charge in [0.1, 0.15) is 17.8 Å². The van der Waals surface area contributed by atoms with E-state index in [1.54, 1.807) is 16.8 Å². The molecule has 0 saturated heterocycles. The maximum Gasteiger partial charge on any atom is 0.270 e. The molecule has 25 heavy (non-hydrogen) atoms. The summed E-state index contributed by atoms with van der Waals surface area (Å²) >= 11 is 0. The van der Waals surface area contributed by atoms with Crippen molar-refractivity contribution < 1.29 is 4.79 Å². The van der Waals surface area contributed by atoms with Gasteiger partial charge in [-0.3, -0.25) is 4.79 Å². The maximum absolute atomic E-state index is 12.8. The lowest BCUT2D eigenvalue weighted by atomic mass is 10.0. The molecule has 1 amide bonds. The van der Waals surface area contributed by atoms with Crippen molar-refractivity contribution >= 4 is 11.7 Å². The van der Waals surface area contributed by atoms with E-state index in [9.17, 15) is 4.79 Å². The zero-order chi connectivity index (χ0) is 18.1. The summed E-state index contributed by atoms with van der Waals surface area (Å²) in [4.78, 5) is 25.7. The molecular formula is C17H23N7O. The molecule has 0 aromatic carbocycles. The van der Waals surface area contributed by atoms with Gasteiger partial charge in [0.15, 0.2) is 0 Å². The topological polar surface area (TPSA) is 90.0 Å². The Morgan fingerprint density at radius 3 is 2.56 bits per heavy atom. The second-order valence-electron chi connectivity index (χ2n) is 6.78. The number of hydrogen-bond donors (Lipinski definition) is 1. The molecule has 0 aliphatic rings. The molecule has 3 aromatic rings. The Morgan fingerprint density at radius 1 is 1.20 bits per heavy atom. The number of aromatic nitrogens is 6. The van der Waals surface area contributed by atoms with Gasteiger partial charge < -0.3 is 9.88 Å². The fourth-order valence-corrected chi connectivity index (χ4v) is 2.78. The summed E-state index contributed by atoms with van der Waals surface area (Å²) < 4.78 is 3.58. The third kappa shape index (κ3) is 3.24. The molecule has 8 heteroatoms. The van der Waals surface area contributed by atoms with Crippen molar-refractivity contribution in [3.63, 3.8) is 0 Å². The Kier molecular flexibility index (Phi) is 4.52. The SMILES string of the molecule is CC(C)c1cc(C(=O)N[C@@H](c2nccn2C)C(C)C)nc2ncnn12. The lowest BCUT2D eigenvalue weighted by Crippen LogP contribution is -2.34. The van der Waals surface area contributed by atoms with E-state index < -0.39 is 0 Å². The van der Waals surface area contributed by atoms with E-state index in [0.717, 1.165) is 11.5 Å². The molecule has 0 bridgehead atoms. The summed E-state index contributed by atoms with van der Waals surface area (Å²) in [7, 11) is 1.92. The Balaban J connectivity index is 1.95. The molecule has 0 radical (unpaired) electrons. The van der Waals surface area contributed by atoms with Gasteiger partial charge in [-0.05, 0) is 17.9 Å².